The Morgan fingerprint density at radius 2 is 2.12 bits per heavy atom. The molecule has 0 amide bonds. The van der Waals surface area contributed by atoms with Gasteiger partial charge in [0, 0.05) is 51.1 Å². The van der Waals surface area contributed by atoms with Crippen molar-refractivity contribution in [2.75, 3.05) is 50.8 Å². The lowest BCUT2D eigenvalue weighted by Crippen LogP contribution is -2.44. The van der Waals surface area contributed by atoms with E-state index in [4.69, 9.17) is 5.73 Å². The Bertz CT molecular complexity index is 358. The summed E-state index contributed by atoms with van der Waals surface area (Å²) in [5.41, 5.74) is 9.19. The number of nitrogens with zero attached hydrogens (tertiary/aromatic N) is 1. The Morgan fingerprint density at radius 1 is 1.35 bits per heavy atom. The van der Waals surface area contributed by atoms with E-state index in [-0.39, 0.29) is 0 Å². The van der Waals surface area contributed by atoms with Crippen LogP contribution in [0.4, 0.5) is 11.4 Å². The number of anilines is 2. The van der Waals surface area contributed by atoms with E-state index in [2.05, 4.69) is 27.7 Å². The van der Waals surface area contributed by atoms with Crippen LogP contribution in [0.25, 0.3) is 0 Å². The second-order valence-electron chi connectivity index (χ2n) is 4.51. The van der Waals surface area contributed by atoms with Gasteiger partial charge in [-0.1, -0.05) is 0 Å². The standard InChI is InChI=1S/C13H22N4/c1-15-13-3-2-12(14)10-11(13)4-7-17-8-5-16-6-9-17/h2-3,10,15-16H,4-9,14H2,1H3. The average molecular weight is 234 g/mol. The van der Waals surface area contributed by atoms with Crippen LogP contribution in [0.15, 0.2) is 18.2 Å². The molecule has 17 heavy (non-hydrogen) atoms. The molecule has 0 radical (unpaired) electrons. The molecule has 1 fully saturated rings. The van der Waals surface area contributed by atoms with Gasteiger partial charge in [-0.3, -0.25) is 0 Å². The molecule has 1 aliphatic rings. The second-order valence-corrected chi connectivity index (χ2v) is 4.51. The van der Waals surface area contributed by atoms with Crippen LogP contribution in [0.1, 0.15) is 5.56 Å². The van der Waals surface area contributed by atoms with Crippen LogP contribution in [0.5, 0.6) is 0 Å². The molecule has 2 rings (SSSR count). The molecule has 1 aliphatic heterocycles. The topological polar surface area (TPSA) is 53.3 Å². The predicted molar refractivity (Wildman–Crippen MR) is 73.4 cm³/mol. The molecule has 0 aromatic heterocycles. The fourth-order valence-corrected chi connectivity index (χ4v) is 2.28. The number of nitrogen functional groups attached to an aromatic ring is 1. The molecule has 94 valence electrons. The number of benzene rings is 1. The van der Waals surface area contributed by atoms with Crippen LogP contribution in [0.3, 0.4) is 0 Å². The molecule has 1 aromatic rings. The van der Waals surface area contributed by atoms with Gasteiger partial charge in [0.25, 0.3) is 0 Å². The predicted octanol–water partition coefficient (Wildman–Crippen LogP) is 0.758. The number of piperazine rings is 1. The highest BCUT2D eigenvalue weighted by atomic mass is 15.2. The summed E-state index contributed by atoms with van der Waals surface area (Å²) in [4.78, 5) is 2.50. The molecular weight excluding hydrogens is 212 g/mol. The molecular formula is C13H22N4. The number of hydrogen-bond acceptors (Lipinski definition) is 4. The van der Waals surface area contributed by atoms with E-state index in [0.29, 0.717) is 0 Å². The fourth-order valence-electron chi connectivity index (χ4n) is 2.28. The summed E-state index contributed by atoms with van der Waals surface area (Å²) in [7, 11) is 1.96. The molecule has 0 saturated carbocycles. The summed E-state index contributed by atoms with van der Waals surface area (Å²) >= 11 is 0. The lowest BCUT2D eigenvalue weighted by molar-refractivity contribution is 0.244. The molecule has 1 heterocycles. The Hall–Kier alpha value is -1.26. The Labute approximate surface area is 103 Å². The SMILES string of the molecule is CNc1ccc(N)cc1CCN1CCNCC1. The van der Waals surface area contributed by atoms with Gasteiger partial charge in [-0.25, -0.2) is 0 Å². The summed E-state index contributed by atoms with van der Waals surface area (Å²) in [6, 6.07) is 6.08. The molecule has 4 nitrogen and oxygen atoms in total. The van der Waals surface area contributed by atoms with Crippen LogP contribution in [-0.4, -0.2) is 44.7 Å². The van der Waals surface area contributed by atoms with E-state index in [9.17, 15) is 0 Å². The van der Waals surface area contributed by atoms with Crippen molar-refractivity contribution in [2.24, 2.45) is 0 Å². The minimum absolute atomic E-state index is 0.847. The maximum atomic E-state index is 5.84. The first kappa shape index (κ1) is 12.2. The normalized spacial score (nSPS) is 17.0. The molecule has 0 spiro atoms. The Balaban J connectivity index is 1.95. The maximum absolute atomic E-state index is 5.84. The van der Waals surface area contributed by atoms with Crippen LogP contribution >= 0.6 is 0 Å². The highest BCUT2D eigenvalue weighted by Gasteiger charge is 2.10. The zero-order chi connectivity index (χ0) is 12.1. The van der Waals surface area contributed by atoms with Crippen molar-refractivity contribution in [3.05, 3.63) is 23.8 Å². The second kappa shape index (κ2) is 5.89. The van der Waals surface area contributed by atoms with Gasteiger partial charge in [0.1, 0.15) is 0 Å². The largest absolute Gasteiger partial charge is 0.399 e. The zero-order valence-electron chi connectivity index (χ0n) is 10.5. The molecule has 0 atom stereocenters. The Kier molecular flexibility index (Phi) is 4.23. The van der Waals surface area contributed by atoms with Gasteiger partial charge in [-0.05, 0) is 30.2 Å². The van der Waals surface area contributed by atoms with Crippen molar-refractivity contribution < 1.29 is 0 Å². The summed E-state index contributed by atoms with van der Waals surface area (Å²) in [5, 5.41) is 6.59. The highest BCUT2D eigenvalue weighted by Crippen LogP contribution is 2.19. The van der Waals surface area contributed by atoms with Gasteiger partial charge in [0.15, 0.2) is 0 Å². The Morgan fingerprint density at radius 3 is 2.82 bits per heavy atom. The first-order valence-electron chi connectivity index (χ1n) is 6.29. The molecule has 4 N–H and O–H groups in total. The van der Waals surface area contributed by atoms with Crippen LogP contribution in [0.2, 0.25) is 0 Å². The molecule has 1 saturated heterocycles. The molecule has 0 unspecified atom stereocenters. The average Bonchev–Trinajstić information content (AvgIpc) is 2.38. The van der Waals surface area contributed by atoms with Crippen LogP contribution < -0.4 is 16.4 Å². The van der Waals surface area contributed by atoms with Crippen LogP contribution in [0, 0.1) is 0 Å². The maximum Gasteiger partial charge on any atom is 0.0372 e. The minimum Gasteiger partial charge on any atom is -0.399 e. The summed E-state index contributed by atoms with van der Waals surface area (Å²) in [5.74, 6) is 0. The van der Waals surface area contributed by atoms with E-state index in [1.807, 2.05) is 13.1 Å². The monoisotopic (exact) mass is 234 g/mol. The van der Waals surface area contributed by atoms with E-state index in [1.54, 1.807) is 0 Å². The van der Waals surface area contributed by atoms with Crippen molar-refractivity contribution in [1.82, 2.24) is 10.2 Å². The molecule has 0 bridgehead atoms. The van der Waals surface area contributed by atoms with Crippen molar-refractivity contribution in [1.29, 1.82) is 0 Å². The number of nitrogens with two attached hydrogens (primary N) is 1. The first-order valence-corrected chi connectivity index (χ1v) is 6.29. The van der Waals surface area contributed by atoms with E-state index >= 15 is 0 Å². The molecule has 4 heteroatoms. The lowest BCUT2D eigenvalue weighted by Gasteiger charge is -2.27. The van der Waals surface area contributed by atoms with E-state index in [1.165, 1.54) is 11.3 Å². The highest BCUT2D eigenvalue weighted by molar-refractivity contribution is 5.57. The van der Waals surface area contributed by atoms with Gasteiger partial charge in [-0.2, -0.15) is 0 Å². The third-order valence-electron chi connectivity index (χ3n) is 3.31. The molecule has 1 aromatic carbocycles. The third kappa shape index (κ3) is 3.35. The van der Waals surface area contributed by atoms with Gasteiger partial charge in [0.2, 0.25) is 0 Å². The number of rotatable bonds is 4. The summed E-state index contributed by atoms with van der Waals surface area (Å²) in [6.07, 6.45) is 1.06. The fraction of sp³-hybridized carbons (Fsp3) is 0.538. The van der Waals surface area contributed by atoms with E-state index in [0.717, 1.165) is 44.8 Å². The van der Waals surface area contributed by atoms with E-state index < -0.39 is 0 Å². The van der Waals surface area contributed by atoms with Crippen molar-refractivity contribution in [3.8, 4) is 0 Å². The lowest BCUT2D eigenvalue weighted by atomic mass is 10.1. The van der Waals surface area contributed by atoms with Gasteiger partial charge in [0.05, 0.1) is 0 Å². The van der Waals surface area contributed by atoms with Crippen molar-refractivity contribution in [2.45, 2.75) is 6.42 Å². The first-order chi connectivity index (χ1) is 8.29. The quantitative estimate of drug-likeness (QED) is 0.673. The smallest absolute Gasteiger partial charge is 0.0372 e. The summed E-state index contributed by atoms with van der Waals surface area (Å²) in [6.45, 7) is 5.62. The summed E-state index contributed by atoms with van der Waals surface area (Å²) < 4.78 is 0. The minimum atomic E-state index is 0.847. The van der Waals surface area contributed by atoms with Crippen molar-refractivity contribution >= 4 is 11.4 Å². The van der Waals surface area contributed by atoms with Gasteiger partial charge < -0.3 is 21.3 Å². The third-order valence-corrected chi connectivity index (χ3v) is 3.31. The molecule has 0 aliphatic carbocycles. The van der Waals surface area contributed by atoms with Gasteiger partial charge >= 0.3 is 0 Å². The van der Waals surface area contributed by atoms with Crippen LogP contribution in [-0.2, 0) is 6.42 Å². The van der Waals surface area contributed by atoms with Gasteiger partial charge in [-0.15, -0.1) is 0 Å². The zero-order valence-corrected chi connectivity index (χ0v) is 10.5. The number of hydrogen-bond donors (Lipinski definition) is 3. The van der Waals surface area contributed by atoms with Crippen molar-refractivity contribution in [3.63, 3.8) is 0 Å². The number of nitrogens with one attached hydrogen (secondary N) is 2.